The first-order valence-electron chi connectivity index (χ1n) is 20.9. The number of hydrogen-bond donors (Lipinski definition) is 2. The number of phenols is 1. The number of hydrogen-bond acceptors (Lipinski definition) is 9. The number of para-hydroxylation sites is 2. The van der Waals surface area contributed by atoms with Crippen LogP contribution in [0.2, 0.25) is 0 Å². The SMILES string of the molecule is CCCCCCCCCCCc1cc(Oc2ccccc2)cc(O)c1S(=O)(=O)O.CCCCCCCCCCCc1cc(Oc2ccccc2)cc([O-])c1S(=O)(=O)[O-].[Ca+2]. The summed E-state index contributed by atoms with van der Waals surface area (Å²) in [7, 11) is -9.35. The fraction of sp³-hybridized carbons (Fsp3) is 0.478. The number of ether oxygens (including phenoxy) is 2. The molecule has 0 saturated carbocycles. The van der Waals surface area contributed by atoms with Crippen molar-refractivity contribution in [3.63, 3.8) is 0 Å². The van der Waals surface area contributed by atoms with E-state index in [0.29, 0.717) is 35.7 Å². The number of rotatable bonds is 26. The van der Waals surface area contributed by atoms with E-state index >= 15 is 0 Å². The third-order valence-electron chi connectivity index (χ3n) is 9.79. The molecule has 0 radical (unpaired) electrons. The molecule has 2 N–H and O–H groups in total. The van der Waals surface area contributed by atoms with Crippen molar-refractivity contribution in [2.24, 2.45) is 0 Å². The molecule has 13 heteroatoms. The standard InChI is InChI=1S/2C23H32O5S.Ca/c2*1-2-3-4-5-6-7-8-9-11-14-19-17-21(28-20-15-12-10-13-16-20)18-22(24)23(19)29(25,26)27;/h2*10,12-13,15-18,24H,2-9,11,14H2,1H3,(H,25,26,27);/q;;+2/p-2. The van der Waals surface area contributed by atoms with Crippen molar-refractivity contribution in [3.8, 4) is 34.5 Å². The van der Waals surface area contributed by atoms with Crippen molar-refractivity contribution in [1.29, 1.82) is 0 Å². The molecule has 0 saturated heterocycles. The third-order valence-corrected chi connectivity index (χ3v) is 11.7. The molecule has 10 nitrogen and oxygen atoms in total. The predicted octanol–water partition coefficient (Wildman–Crippen LogP) is 11.7. The molecule has 0 aliphatic heterocycles. The summed E-state index contributed by atoms with van der Waals surface area (Å²) >= 11 is 0. The number of unbranched alkanes of at least 4 members (excludes halogenated alkanes) is 16. The van der Waals surface area contributed by atoms with Crippen LogP contribution in [0.5, 0.6) is 34.5 Å². The van der Waals surface area contributed by atoms with Crippen LogP contribution in [0.25, 0.3) is 0 Å². The monoisotopic (exact) mass is 878 g/mol. The van der Waals surface area contributed by atoms with Gasteiger partial charge in [0.1, 0.15) is 43.8 Å². The molecule has 4 aromatic rings. The van der Waals surface area contributed by atoms with E-state index in [2.05, 4.69) is 13.8 Å². The van der Waals surface area contributed by atoms with Crippen molar-refractivity contribution in [3.05, 3.63) is 96.1 Å². The van der Waals surface area contributed by atoms with Crippen molar-refractivity contribution in [2.75, 3.05) is 0 Å². The molecule has 0 aliphatic rings. The van der Waals surface area contributed by atoms with E-state index in [9.17, 15) is 36.2 Å². The largest absolute Gasteiger partial charge is 2.00 e. The molecule has 0 amide bonds. The summed E-state index contributed by atoms with van der Waals surface area (Å²) in [6.45, 7) is 4.40. The predicted molar refractivity (Wildman–Crippen MR) is 232 cm³/mol. The average Bonchev–Trinajstić information content (AvgIpc) is 3.16. The van der Waals surface area contributed by atoms with Crippen LogP contribution in [0.15, 0.2) is 94.7 Å². The maximum absolute atomic E-state index is 12.3. The molecule has 0 atom stereocenters. The molecule has 59 heavy (non-hydrogen) atoms. The van der Waals surface area contributed by atoms with E-state index in [4.69, 9.17) is 9.47 Å². The maximum atomic E-state index is 12.3. The van der Waals surface area contributed by atoms with Crippen LogP contribution in [0.1, 0.15) is 141 Å². The Bertz CT molecular complexity index is 1850. The first kappa shape index (κ1) is 52.3. The fourth-order valence-corrected chi connectivity index (χ4v) is 8.45. The minimum atomic E-state index is -4.83. The first-order chi connectivity index (χ1) is 27.8. The summed E-state index contributed by atoms with van der Waals surface area (Å²) in [4.78, 5) is -1.06. The van der Waals surface area contributed by atoms with E-state index in [1.54, 1.807) is 42.5 Å². The Morgan fingerprint density at radius 2 is 0.864 bits per heavy atom. The summed E-state index contributed by atoms with van der Waals surface area (Å²) in [6, 6.07) is 23.3. The summed E-state index contributed by atoms with van der Waals surface area (Å²) in [5.74, 6) is 0.414. The number of aromatic hydroxyl groups is 1. The second-order valence-electron chi connectivity index (χ2n) is 14.8. The molecule has 0 fully saturated rings. The molecule has 0 aliphatic carbocycles. The van der Waals surface area contributed by atoms with Gasteiger partial charge in [-0.15, -0.1) is 0 Å². The Labute approximate surface area is 383 Å². The molecule has 320 valence electrons. The first-order valence-corrected chi connectivity index (χ1v) is 23.8. The minimum Gasteiger partial charge on any atom is -0.872 e. The van der Waals surface area contributed by atoms with Crippen molar-refractivity contribution >= 4 is 58.0 Å². The molecular formula is C46H62CaO10S2. The van der Waals surface area contributed by atoms with Gasteiger partial charge in [-0.2, -0.15) is 8.42 Å². The van der Waals surface area contributed by atoms with Crippen LogP contribution in [0.3, 0.4) is 0 Å². The Morgan fingerprint density at radius 1 is 0.508 bits per heavy atom. The van der Waals surface area contributed by atoms with Crippen molar-refractivity contribution in [1.82, 2.24) is 0 Å². The second kappa shape index (κ2) is 28.6. The fourth-order valence-electron chi connectivity index (χ4n) is 6.85. The van der Waals surface area contributed by atoms with Crippen LogP contribution in [-0.2, 0) is 33.1 Å². The van der Waals surface area contributed by atoms with Gasteiger partial charge in [0.25, 0.3) is 10.1 Å². The van der Waals surface area contributed by atoms with Gasteiger partial charge in [-0.25, -0.2) is 8.42 Å². The van der Waals surface area contributed by atoms with Gasteiger partial charge < -0.3 is 24.2 Å². The molecule has 0 unspecified atom stereocenters. The summed E-state index contributed by atoms with van der Waals surface area (Å²) in [5, 5.41) is 22.5. The Morgan fingerprint density at radius 3 is 1.24 bits per heavy atom. The van der Waals surface area contributed by atoms with Crippen molar-refractivity contribution < 1.29 is 45.6 Å². The second-order valence-corrected chi connectivity index (χ2v) is 17.4. The van der Waals surface area contributed by atoms with E-state index in [0.717, 1.165) is 51.0 Å². The summed E-state index contributed by atoms with van der Waals surface area (Å²) < 4.78 is 79.3. The minimum absolute atomic E-state index is 0. The third kappa shape index (κ3) is 20.5. The van der Waals surface area contributed by atoms with Crippen molar-refractivity contribution in [2.45, 2.75) is 152 Å². The van der Waals surface area contributed by atoms with Gasteiger partial charge in [-0.1, -0.05) is 159 Å². The number of aryl methyl sites for hydroxylation is 2. The zero-order chi connectivity index (χ0) is 42.2. The maximum Gasteiger partial charge on any atom is 2.00 e. The molecule has 0 spiro atoms. The van der Waals surface area contributed by atoms with Crippen LogP contribution in [-0.4, -0.2) is 68.8 Å². The number of benzene rings is 4. The van der Waals surface area contributed by atoms with Gasteiger partial charge in [0.15, 0.2) is 0 Å². The topological polar surface area (TPSA) is 173 Å². The smallest absolute Gasteiger partial charge is 0.872 e. The van der Waals surface area contributed by atoms with Gasteiger partial charge in [0.2, 0.25) is 0 Å². The van der Waals surface area contributed by atoms with Gasteiger partial charge in [0, 0.05) is 11.0 Å². The summed E-state index contributed by atoms with van der Waals surface area (Å²) in [6.07, 6.45) is 21.3. The zero-order valence-corrected chi connectivity index (χ0v) is 38.8. The molecule has 0 aromatic heterocycles. The zero-order valence-electron chi connectivity index (χ0n) is 34.9. The molecular weight excluding hydrogens is 817 g/mol. The van der Waals surface area contributed by atoms with Crippen LogP contribution in [0.4, 0.5) is 0 Å². The average molecular weight is 879 g/mol. The van der Waals surface area contributed by atoms with E-state index in [1.165, 1.54) is 82.8 Å². The molecule has 0 bridgehead atoms. The van der Waals surface area contributed by atoms with Crippen LogP contribution in [0, 0.1) is 0 Å². The Balaban J connectivity index is 0.000000400. The normalized spacial score (nSPS) is 11.3. The van der Waals surface area contributed by atoms with Crippen LogP contribution < -0.4 is 14.6 Å². The molecule has 4 rings (SSSR count). The Hall–Kier alpha value is -2.84. The number of phenolic OH excluding ortho intramolecular Hbond substituents is 1. The Kier molecular flexibility index (Phi) is 25.4. The van der Waals surface area contributed by atoms with E-state index < -0.39 is 41.5 Å². The van der Waals surface area contributed by atoms with Gasteiger partial charge in [0.05, 0.1) is 0 Å². The van der Waals surface area contributed by atoms with Gasteiger partial charge in [-0.05, 0) is 79.3 Å². The molecule has 4 aromatic carbocycles. The van der Waals surface area contributed by atoms with E-state index in [-0.39, 0.29) is 49.1 Å². The molecule has 0 heterocycles. The van der Waals surface area contributed by atoms with Gasteiger partial charge >= 0.3 is 37.7 Å². The quantitative estimate of drug-likeness (QED) is 0.0351. The van der Waals surface area contributed by atoms with Gasteiger partial charge in [-0.3, -0.25) is 4.55 Å². The van der Waals surface area contributed by atoms with Crippen LogP contribution >= 0.6 is 0 Å². The van der Waals surface area contributed by atoms with E-state index in [1.807, 2.05) is 24.3 Å². The summed E-state index contributed by atoms with van der Waals surface area (Å²) in [5.41, 5.74) is 0.628.